The number of esters is 1. The summed E-state index contributed by atoms with van der Waals surface area (Å²) in [6.45, 7) is 4.58. The highest BCUT2D eigenvalue weighted by Gasteiger charge is 2.40. The molecule has 3 nitrogen and oxygen atoms in total. The number of hydrogen-bond donors (Lipinski definition) is 0. The predicted molar refractivity (Wildman–Crippen MR) is 79.1 cm³/mol. The topological polar surface area (TPSA) is 29.5 Å². The summed E-state index contributed by atoms with van der Waals surface area (Å²) >= 11 is 0. The van der Waals surface area contributed by atoms with E-state index in [-0.39, 0.29) is 5.97 Å². The number of nitrogens with zero attached hydrogens (tertiary/aromatic N) is 1. The van der Waals surface area contributed by atoms with Crippen LogP contribution >= 0.6 is 0 Å². The highest BCUT2D eigenvalue weighted by atomic mass is 16.5. The summed E-state index contributed by atoms with van der Waals surface area (Å²) in [6.07, 6.45) is 4.68. The van der Waals surface area contributed by atoms with E-state index in [1.54, 1.807) is 0 Å². The van der Waals surface area contributed by atoms with Crippen molar-refractivity contribution in [3.8, 4) is 0 Å². The number of carbonyl (C=O) groups is 1. The van der Waals surface area contributed by atoms with Gasteiger partial charge in [0.15, 0.2) is 0 Å². The molecule has 1 aromatic carbocycles. The fourth-order valence-electron chi connectivity index (χ4n) is 4.06. The molecule has 0 amide bonds. The summed E-state index contributed by atoms with van der Waals surface area (Å²) < 4.78 is 4.97. The highest BCUT2D eigenvalue weighted by Crippen LogP contribution is 2.43. The molecule has 1 aliphatic carbocycles. The lowest BCUT2D eigenvalue weighted by atomic mass is 9.77. The SMILES string of the molecule is CCCN1CC[C@H]2c3c(cccc3C(=O)OC)CC[C@H]21. The molecular weight excluding hydrogens is 250 g/mol. The van der Waals surface area contributed by atoms with Crippen LogP contribution in [0.1, 0.15) is 53.6 Å². The van der Waals surface area contributed by atoms with Crippen molar-refractivity contribution in [3.05, 3.63) is 34.9 Å². The molecule has 0 saturated carbocycles. The Bertz CT molecular complexity index is 512. The maximum absolute atomic E-state index is 12.0. The molecule has 2 aliphatic rings. The van der Waals surface area contributed by atoms with Crippen LogP contribution < -0.4 is 0 Å². The van der Waals surface area contributed by atoms with Crippen LogP contribution in [0, 0.1) is 0 Å². The summed E-state index contributed by atoms with van der Waals surface area (Å²) in [5.41, 5.74) is 3.42. The average Bonchev–Trinajstić information content (AvgIpc) is 2.89. The van der Waals surface area contributed by atoms with E-state index in [0.29, 0.717) is 12.0 Å². The minimum absolute atomic E-state index is 0.184. The Morgan fingerprint density at radius 1 is 1.40 bits per heavy atom. The summed E-state index contributed by atoms with van der Waals surface area (Å²) in [5, 5.41) is 0. The summed E-state index contributed by atoms with van der Waals surface area (Å²) in [6, 6.07) is 6.72. The normalized spacial score (nSPS) is 25.1. The van der Waals surface area contributed by atoms with Gasteiger partial charge in [-0.05, 0) is 56.0 Å². The summed E-state index contributed by atoms with van der Waals surface area (Å²) in [4.78, 5) is 14.7. The van der Waals surface area contributed by atoms with E-state index >= 15 is 0 Å². The van der Waals surface area contributed by atoms with Crippen LogP contribution in [0.4, 0.5) is 0 Å². The first kappa shape index (κ1) is 13.6. The Hall–Kier alpha value is -1.35. The summed E-state index contributed by atoms with van der Waals surface area (Å²) in [7, 11) is 1.47. The third-order valence-electron chi connectivity index (χ3n) is 4.85. The zero-order chi connectivity index (χ0) is 14.1. The number of likely N-dealkylation sites (tertiary alicyclic amines) is 1. The Morgan fingerprint density at radius 3 is 3.00 bits per heavy atom. The van der Waals surface area contributed by atoms with Gasteiger partial charge in [-0.1, -0.05) is 19.1 Å². The van der Waals surface area contributed by atoms with Crippen molar-refractivity contribution in [2.24, 2.45) is 0 Å². The van der Waals surface area contributed by atoms with Crippen LogP contribution in [-0.4, -0.2) is 37.1 Å². The first-order valence-corrected chi connectivity index (χ1v) is 7.70. The molecule has 0 bridgehead atoms. The molecule has 0 aromatic heterocycles. The average molecular weight is 273 g/mol. The van der Waals surface area contributed by atoms with Crippen molar-refractivity contribution in [1.82, 2.24) is 4.90 Å². The number of carbonyl (C=O) groups excluding carboxylic acids is 1. The molecule has 3 rings (SSSR count). The van der Waals surface area contributed by atoms with Gasteiger partial charge >= 0.3 is 5.97 Å². The van der Waals surface area contributed by atoms with Crippen LogP contribution in [0.2, 0.25) is 0 Å². The van der Waals surface area contributed by atoms with Gasteiger partial charge in [-0.3, -0.25) is 4.90 Å². The number of ether oxygens (including phenoxy) is 1. The van der Waals surface area contributed by atoms with Crippen LogP contribution in [0.25, 0.3) is 0 Å². The maximum Gasteiger partial charge on any atom is 0.338 e. The van der Waals surface area contributed by atoms with Crippen molar-refractivity contribution < 1.29 is 9.53 Å². The number of benzene rings is 1. The number of rotatable bonds is 3. The van der Waals surface area contributed by atoms with Crippen LogP contribution in [0.15, 0.2) is 18.2 Å². The molecule has 1 saturated heterocycles. The molecule has 0 spiro atoms. The largest absolute Gasteiger partial charge is 0.465 e. The minimum Gasteiger partial charge on any atom is -0.465 e. The molecule has 0 unspecified atom stereocenters. The van der Waals surface area contributed by atoms with Crippen molar-refractivity contribution in [3.63, 3.8) is 0 Å². The van der Waals surface area contributed by atoms with Crippen molar-refractivity contribution in [2.45, 2.75) is 44.6 Å². The second-order valence-corrected chi connectivity index (χ2v) is 5.91. The lowest BCUT2D eigenvalue weighted by Crippen LogP contribution is -2.36. The zero-order valence-corrected chi connectivity index (χ0v) is 12.4. The third kappa shape index (κ3) is 2.14. The Labute approximate surface area is 120 Å². The monoisotopic (exact) mass is 273 g/mol. The van der Waals surface area contributed by atoms with Gasteiger partial charge in [0.25, 0.3) is 0 Å². The second-order valence-electron chi connectivity index (χ2n) is 5.91. The maximum atomic E-state index is 12.0. The third-order valence-corrected chi connectivity index (χ3v) is 4.85. The van der Waals surface area contributed by atoms with Crippen LogP contribution in [-0.2, 0) is 11.2 Å². The number of aryl methyl sites for hydroxylation is 1. The molecule has 3 heteroatoms. The zero-order valence-electron chi connectivity index (χ0n) is 12.4. The van der Waals surface area contributed by atoms with E-state index in [1.807, 2.05) is 12.1 Å². The predicted octanol–water partition coefficient (Wildman–Crippen LogP) is 2.99. The molecule has 1 heterocycles. The van der Waals surface area contributed by atoms with Crippen molar-refractivity contribution in [1.29, 1.82) is 0 Å². The lowest BCUT2D eigenvalue weighted by Gasteiger charge is -2.34. The molecule has 1 aliphatic heterocycles. The molecular formula is C17H23NO2. The lowest BCUT2D eigenvalue weighted by molar-refractivity contribution is 0.0598. The van der Waals surface area contributed by atoms with E-state index in [1.165, 1.54) is 44.0 Å². The first-order valence-electron chi connectivity index (χ1n) is 7.70. The Kier molecular flexibility index (Phi) is 3.79. The molecule has 108 valence electrons. The van der Waals surface area contributed by atoms with Crippen LogP contribution in [0.5, 0.6) is 0 Å². The number of fused-ring (bicyclic) bond motifs is 3. The summed E-state index contributed by atoms with van der Waals surface area (Å²) in [5.74, 6) is 0.331. The van der Waals surface area contributed by atoms with E-state index in [9.17, 15) is 4.79 Å². The number of methoxy groups -OCH3 is 1. The van der Waals surface area contributed by atoms with Crippen molar-refractivity contribution in [2.75, 3.05) is 20.2 Å². The highest BCUT2D eigenvalue weighted by molar-refractivity contribution is 5.91. The van der Waals surface area contributed by atoms with Gasteiger partial charge < -0.3 is 4.74 Å². The van der Waals surface area contributed by atoms with Crippen molar-refractivity contribution >= 4 is 5.97 Å². The quantitative estimate of drug-likeness (QED) is 0.793. The van der Waals surface area contributed by atoms with E-state index in [4.69, 9.17) is 4.74 Å². The molecule has 20 heavy (non-hydrogen) atoms. The van der Waals surface area contributed by atoms with Gasteiger partial charge in [0, 0.05) is 12.0 Å². The van der Waals surface area contributed by atoms with Gasteiger partial charge in [-0.2, -0.15) is 0 Å². The van der Waals surface area contributed by atoms with Gasteiger partial charge in [0.1, 0.15) is 0 Å². The van der Waals surface area contributed by atoms with E-state index < -0.39 is 0 Å². The second kappa shape index (κ2) is 5.57. The molecule has 0 radical (unpaired) electrons. The Balaban J connectivity index is 1.98. The minimum atomic E-state index is -0.184. The van der Waals surface area contributed by atoms with Gasteiger partial charge in [-0.25, -0.2) is 4.79 Å². The van der Waals surface area contributed by atoms with Gasteiger partial charge in [0.05, 0.1) is 12.7 Å². The fraction of sp³-hybridized carbons (Fsp3) is 0.588. The smallest absolute Gasteiger partial charge is 0.338 e. The van der Waals surface area contributed by atoms with Gasteiger partial charge in [-0.15, -0.1) is 0 Å². The molecule has 0 N–H and O–H groups in total. The standard InChI is InChI=1S/C17H23NO2/c1-3-10-18-11-9-13-15(18)8-7-12-5-4-6-14(16(12)13)17(19)20-2/h4-6,13,15H,3,7-11H2,1-2H3/t13-,15-/m1/s1. The first-order chi connectivity index (χ1) is 9.76. The molecule has 1 aromatic rings. The van der Waals surface area contributed by atoms with Crippen LogP contribution in [0.3, 0.4) is 0 Å². The fourth-order valence-corrected chi connectivity index (χ4v) is 4.06. The number of hydrogen-bond acceptors (Lipinski definition) is 3. The van der Waals surface area contributed by atoms with E-state index in [0.717, 1.165) is 18.5 Å². The molecule has 2 atom stereocenters. The van der Waals surface area contributed by atoms with E-state index in [2.05, 4.69) is 17.9 Å². The Morgan fingerprint density at radius 2 is 2.25 bits per heavy atom. The van der Waals surface area contributed by atoms with Gasteiger partial charge in [0.2, 0.25) is 0 Å². The molecule has 1 fully saturated rings.